The predicted molar refractivity (Wildman–Crippen MR) is 54.0 cm³/mol. The largest absolute Gasteiger partial charge is 0.323 e. The van der Waals surface area contributed by atoms with Gasteiger partial charge in [0, 0.05) is 24.9 Å². The van der Waals surface area contributed by atoms with Gasteiger partial charge >= 0.3 is 0 Å². The Morgan fingerprint density at radius 1 is 1.62 bits per heavy atom. The number of aryl methyl sites for hydroxylation is 1. The Morgan fingerprint density at radius 2 is 2.38 bits per heavy atom. The van der Waals surface area contributed by atoms with E-state index in [2.05, 4.69) is 16.8 Å². The van der Waals surface area contributed by atoms with Crippen molar-refractivity contribution >= 4 is 0 Å². The molecule has 1 rings (SSSR count). The van der Waals surface area contributed by atoms with Crippen molar-refractivity contribution in [1.29, 1.82) is 0 Å². The second-order valence-corrected chi connectivity index (χ2v) is 2.97. The molecular weight excluding hydrogens is 160 g/mol. The first-order chi connectivity index (χ1) is 6.25. The fourth-order valence-electron chi connectivity index (χ4n) is 1.22. The highest BCUT2D eigenvalue weighted by Gasteiger charge is 2.06. The van der Waals surface area contributed by atoms with E-state index in [0.29, 0.717) is 6.42 Å². The van der Waals surface area contributed by atoms with Crippen LogP contribution in [0.5, 0.6) is 0 Å². The van der Waals surface area contributed by atoms with Crippen LogP contribution in [0.15, 0.2) is 18.5 Å². The van der Waals surface area contributed by atoms with E-state index in [4.69, 9.17) is 5.73 Å². The van der Waals surface area contributed by atoms with Gasteiger partial charge in [0.2, 0.25) is 0 Å². The van der Waals surface area contributed by atoms with E-state index in [1.54, 1.807) is 6.20 Å². The van der Waals surface area contributed by atoms with Crippen LogP contribution in [0.2, 0.25) is 0 Å². The van der Waals surface area contributed by atoms with Crippen molar-refractivity contribution < 1.29 is 0 Å². The predicted octanol–water partition coefficient (Wildman–Crippen LogP) is 1.80. The summed E-state index contributed by atoms with van der Waals surface area (Å²) in [5, 5.41) is 0. The van der Waals surface area contributed by atoms with Crippen molar-refractivity contribution in [3.8, 4) is 11.8 Å². The minimum Gasteiger partial charge on any atom is -0.323 e. The molecule has 0 aliphatic carbocycles. The van der Waals surface area contributed by atoms with E-state index in [1.165, 1.54) is 0 Å². The maximum Gasteiger partial charge on any atom is 0.0409 e. The van der Waals surface area contributed by atoms with Crippen LogP contribution in [0.4, 0.5) is 0 Å². The van der Waals surface area contributed by atoms with Gasteiger partial charge in [-0.15, -0.1) is 11.8 Å². The van der Waals surface area contributed by atoms with E-state index in [9.17, 15) is 0 Å². The zero-order valence-electron chi connectivity index (χ0n) is 8.04. The highest BCUT2D eigenvalue weighted by atomic mass is 14.7. The monoisotopic (exact) mass is 174 g/mol. The minimum absolute atomic E-state index is 0.00968. The van der Waals surface area contributed by atoms with Crippen LogP contribution in [0.1, 0.15) is 30.5 Å². The Hall–Kier alpha value is -1.33. The fourth-order valence-corrected chi connectivity index (χ4v) is 1.22. The van der Waals surface area contributed by atoms with E-state index in [-0.39, 0.29) is 6.04 Å². The zero-order chi connectivity index (χ0) is 9.68. The Balaban J connectivity index is 2.80. The third-order valence-corrected chi connectivity index (χ3v) is 1.96. The first-order valence-corrected chi connectivity index (χ1v) is 4.31. The summed E-state index contributed by atoms with van der Waals surface area (Å²) in [5.41, 5.74) is 8.22. The van der Waals surface area contributed by atoms with E-state index < -0.39 is 0 Å². The summed E-state index contributed by atoms with van der Waals surface area (Å²) in [7, 11) is 0. The number of pyridine rings is 1. The van der Waals surface area contributed by atoms with Gasteiger partial charge in [-0.3, -0.25) is 4.98 Å². The normalized spacial score (nSPS) is 11.6. The molecule has 1 unspecified atom stereocenters. The third kappa shape index (κ3) is 2.57. The third-order valence-electron chi connectivity index (χ3n) is 1.96. The van der Waals surface area contributed by atoms with Gasteiger partial charge in [-0.05, 0) is 31.0 Å². The topological polar surface area (TPSA) is 38.9 Å². The summed E-state index contributed by atoms with van der Waals surface area (Å²) in [6.07, 6.45) is 4.30. The van der Waals surface area contributed by atoms with Gasteiger partial charge in [0.25, 0.3) is 0 Å². The molecule has 0 bridgehead atoms. The first-order valence-electron chi connectivity index (χ1n) is 4.31. The molecule has 1 aromatic rings. The molecule has 0 fully saturated rings. The van der Waals surface area contributed by atoms with E-state index in [0.717, 1.165) is 11.1 Å². The summed E-state index contributed by atoms with van der Waals surface area (Å²) in [4.78, 5) is 4.02. The number of hydrogen-bond donors (Lipinski definition) is 1. The van der Waals surface area contributed by atoms with Crippen LogP contribution >= 0.6 is 0 Å². The lowest BCUT2D eigenvalue weighted by Crippen LogP contribution is -2.10. The van der Waals surface area contributed by atoms with Gasteiger partial charge in [-0.25, -0.2) is 0 Å². The van der Waals surface area contributed by atoms with Gasteiger partial charge in [0.05, 0.1) is 0 Å². The molecule has 68 valence electrons. The Labute approximate surface area is 79.2 Å². The second-order valence-electron chi connectivity index (χ2n) is 2.97. The number of nitrogens with two attached hydrogens (primary N) is 1. The minimum atomic E-state index is 0.00968. The van der Waals surface area contributed by atoms with E-state index in [1.807, 2.05) is 26.1 Å². The standard InChI is InChI=1S/C11H14N2/c1-3-4-5-11(12)10-6-7-13-8-9(10)2/h6-8,11H,5,12H2,1-2H3. The van der Waals surface area contributed by atoms with Gasteiger partial charge in [0.15, 0.2) is 0 Å². The molecule has 0 saturated carbocycles. The Bertz CT molecular complexity index is 333. The molecule has 0 radical (unpaired) electrons. The van der Waals surface area contributed by atoms with Crippen LogP contribution < -0.4 is 5.73 Å². The van der Waals surface area contributed by atoms with Crippen molar-refractivity contribution in [2.75, 3.05) is 0 Å². The lowest BCUT2D eigenvalue weighted by atomic mass is 10.0. The summed E-state index contributed by atoms with van der Waals surface area (Å²) in [5.74, 6) is 5.82. The molecule has 2 nitrogen and oxygen atoms in total. The molecule has 0 aliphatic heterocycles. The molecular formula is C11H14N2. The maximum atomic E-state index is 5.95. The van der Waals surface area contributed by atoms with Gasteiger partial charge in [-0.1, -0.05) is 0 Å². The molecule has 13 heavy (non-hydrogen) atoms. The summed E-state index contributed by atoms with van der Waals surface area (Å²) < 4.78 is 0. The average molecular weight is 174 g/mol. The SMILES string of the molecule is CC#CCC(N)c1ccncc1C. The number of nitrogens with zero attached hydrogens (tertiary/aromatic N) is 1. The van der Waals surface area contributed by atoms with Crippen molar-refractivity contribution in [2.45, 2.75) is 26.3 Å². The van der Waals surface area contributed by atoms with Crippen molar-refractivity contribution in [3.05, 3.63) is 29.6 Å². The van der Waals surface area contributed by atoms with Crippen molar-refractivity contribution in [3.63, 3.8) is 0 Å². The smallest absolute Gasteiger partial charge is 0.0409 e. The number of rotatable bonds is 2. The van der Waals surface area contributed by atoms with Crippen molar-refractivity contribution in [2.24, 2.45) is 5.73 Å². The van der Waals surface area contributed by atoms with Crippen LogP contribution in [-0.2, 0) is 0 Å². The Kier molecular flexibility index (Phi) is 3.48. The van der Waals surface area contributed by atoms with Crippen LogP contribution in [0.25, 0.3) is 0 Å². The summed E-state index contributed by atoms with van der Waals surface area (Å²) >= 11 is 0. The van der Waals surface area contributed by atoms with Crippen LogP contribution in [-0.4, -0.2) is 4.98 Å². The van der Waals surface area contributed by atoms with Gasteiger partial charge in [-0.2, -0.15) is 0 Å². The molecule has 2 N–H and O–H groups in total. The van der Waals surface area contributed by atoms with Crippen LogP contribution in [0, 0.1) is 18.8 Å². The molecule has 0 aromatic carbocycles. The lowest BCUT2D eigenvalue weighted by Gasteiger charge is -2.10. The molecule has 1 heterocycles. The molecule has 2 heteroatoms. The quantitative estimate of drug-likeness (QED) is 0.694. The molecule has 0 aliphatic rings. The Morgan fingerprint density at radius 3 is 3.00 bits per heavy atom. The average Bonchev–Trinajstić information content (AvgIpc) is 2.15. The summed E-state index contributed by atoms with van der Waals surface area (Å²) in [6.45, 7) is 3.84. The molecule has 1 aromatic heterocycles. The summed E-state index contributed by atoms with van der Waals surface area (Å²) in [6, 6.07) is 1.97. The van der Waals surface area contributed by atoms with Crippen LogP contribution in [0.3, 0.4) is 0 Å². The van der Waals surface area contributed by atoms with Gasteiger partial charge < -0.3 is 5.73 Å². The fraction of sp³-hybridized carbons (Fsp3) is 0.364. The van der Waals surface area contributed by atoms with E-state index >= 15 is 0 Å². The van der Waals surface area contributed by atoms with Gasteiger partial charge in [0.1, 0.15) is 0 Å². The second kappa shape index (κ2) is 4.64. The molecule has 0 spiro atoms. The molecule has 0 saturated heterocycles. The number of hydrogen-bond acceptors (Lipinski definition) is 2. The lowest BCUT2D eigenvalue weighted by molar-refractivity contribution is 0.745. The zero-order valence-corrected chi connectivity index (χ0v) is 8.04. The molecule has 1 atom stereocenters. The highest BCUT2D eigenvalue weighted by molar-refractivity contribution is 5.26. The van der Waals surface area contributed by atoms with Crippen molar-refractivity contribution in [1.82, 2.24) is 4.98 Å². The number of aromatic nitrogens is 1. The maximum absolute atomic E-state index is 5.95. The molecule has 0 amide bonds. The first kappa shape index (κ1) is 9.76. The highest BCUT2D eigenvalue weighted by Crippen LogP contribution is 2.16.